The van der Waals surface area contributed by atoms with Crippen molar-refractivity contribution in [1.82, 2.24) is 4.98 Å². The van der Waals surface area contributed by atoms with Gasteiger partial charge in [0.25, 0.3) is 0 Å². The van der Waals surface area contributed by atoms with Crippen LogP contribution in [0.2, 0.25) is 0 Å². The van der Waals surface area contributed by atoms with E-state index in [9.17, 15) is 4.79 Å². The number of hydrogen-bond acceptors (Lipinski definition) is 3. The Kier molecular flexibility index (Phi) is 5.83. The summed E-state index contributed by atoms with van der Waals surface area (Å²) in [6, 6.07) is 5.72. The van der Waals surface area contributed by atoms with Crippen molar-refractivity contribution in [2.45, 2.75) is 0 Å². The first kappa shape index (κ1) is 9.58. The molecule has 0 aliphatic rings. The lowest BCUT2D eigenvalue weighted by molar-refractivity contribution is -0.135. The number of carbonyl (C=O) groups is 1. The third kappa shape index (κ3) is 8.58. The van der Waals surface area contributed by atoms with E-state index in [1.807, 2.05) is 18.2 Å². The highest BCUT2D eigenvalue weighted by Gasteiger charge is 1.81. The number of carboxylic acid groups (broad SMARTS) is 1. The highest BCUT2D eigenvalue weighted by molar-refractivity contribution is 5.68. The Morgan fingerprint density at radius 3 is 1.91 bits per heavy atom. The molecule has 0 bridgehead atoms. The topological polar surface area (TPSA) is 76.2 Å². The summed E-state index contributed by atoms with van der Waals surface area (Å²) < 4.78 is 0. The number of aliphatic carboxylic acids is 1. The van der Waals surface area contributed by atoms with E-state index in [-0.39, 0.29) is 6.54 Å². The summed E-state index contributed by atoms with van der Waals surface area (Å²) >= 11 is 0. The SMILES string of the molecule is NCC(=O)O.c1ccncc1. The summed E-state index contributed by atoms with van der Waals surface area (Å²) in [7, 11) is 0. The van der Waals surface area contributed by atoms with Crippen LogP contribution in [0.4, 0.5) is 0 Å². The molecule has 4 heteroatoms. The van der Waals surface area contributed by atoms with E-state index in [0.717, 1.165) is 0 Å². The van der Waals surface area contributed by atoms with Gasteiger partial charge in [0.2, 0.25) is 0 Å². The molecule has 0 fully saturated rings. The van der Waals surface area contributed by atoms with Crippen molar-refractivity contribution in [3.8, 4) is 0 Å². The number of nitrogens with zero attached hydrogens (tertiary/aromatic N) is 1. The van der Waals surface area contributed by atoms with Crippen LogP contribution in [-0.2, 0) is 4.79 Å². The van der Waals surface area contributed by atoms with E-state index >= 15 is 0 Å². The monoisotopic (exact) mass is 154 g/mol. The first-order valence-electron chi connectivity index (χ1n) is 3.04. The Hall–Kier alpha value is -1.42. The van der Waals surface area contributed by atoms with E-state index in [0.29, 0.717) is 0 Å². The molecule has 0 saturated heterocycles. The van der Waals surface area contributed by atoms with Gasteiger partial charge in [-0.25, -0.2) is 0 Å². The summed E-state index contributed by atoms with van der Waals surface area (Å²) in [5.74, 6) is -0.968. The summed E-state index contributed by atoms with van der Waals surface area (Å²) in [4.78, 5) is 13.0. The Morgan fingerprint density at radius 1 is 1.36 bits per heavy atom. The zero-order valence-corrected chi connectivity index (χ0v) is 5.97. The smallest absolute Gasteiger partial charge is 0.317 e. The van der Waals surface area contributed by atoms with Gasteiger partial charge in [-0.15, -0.1) is 0 Å². The average molecular weight is 154 g/mol. The minimum absolute atomic E-state index is 0.278. The Labute approximate surface area is 64.7 Å². The molecular formula is C7H10N2O2. The number of hydrogen-bond donors (Lipinski definition) is 2. The van der Waals surface area contributed by atoms with Crippen LogP contribution in [0.1, 0.15) is 0 Å². The second-order valence-corrected chi connectivity index (χ2v) is 1.62. The van der Waals surface area contributed by atoms with Crippen LogP contribution in [0.5, 0.6) is 0 Å². The fraction of sp³-hybridized carbons (Fsp3) is 0.143. The van der Waals surface area contributed by atoms with E-state index < -0.39 is 5.97 Å². The molecule has 0 saturated carbocycles. The number of aromatic nitrogens is 1. The predicted octanol–water partition coefficient (Wildman–Crippen LogP) is 0.111. The highest BCUT2D eigenvalue weighted by Crippen LogP contribution is 1.73. The van der Waals surface area contributed by atoms with Crippen LogP contribution in [0.15, 0.2) is 30.6 Å². The first-order valence-corrected chi connectivity index (χ1v) is 3.04. The second-order valence-electron chi connectivity index (χ2n) is 1.62. The standard InChI is InChI=1S/C5H5N.C2H5NO2/c1-2-4-6-5-3-1;3-1-2(4)5/h1-5H;1,3H2,(H,4,5). The zero-order valence-electron chi connectivity index (χ0n) is 5.97. The number of carboxylic acids is 1. The van der Waals surface area contributed by atoms with Crippen molar-refractivity contribution in [3.63, 3.8) is 0 Å². The quantitative estimate of drug-likeness (QED) is 0.602. The van der Waals surface area contributed by atoms with Crippen molar-refractivity contribution >= 4 is 5.97 Å². The molecule has 4 nitrogen and oxygen atoms in total. The predicted molar refractivity (Wildman–Crippen MR) is 40.9 cm³/mol. The fourth-order valence-electron chi connectivity index (χ4n) is 0.313. The number of nitrogens with two attached hydrogens (primary N) is 1. The lowest BCUT2D eigenvalue weighted by Crippen LogP contribution is -2.10. The molecule has 0 atom stereocenters. The summed E-state index contributed by atoms with van der Waals surface area (Å²) in [6.07, 6.45) is 3.50. The normalized spacial score (nSPS) is 7.73. The van der Waals surface area contributed by atoms with E-state index in [1.54, 1.807) is 12.4 Å². The van der Waals surface area contributed by atoms with Gasteiger partial charge in [-0.05, 0) is 12.1 Å². The Balaban J connectivity index is 0.000000187. The molecule has 0 aliphatic heterocycles. The second kappa shape index (κ2) is 6.70. The lowest BCUT2D eigenvalue weighted by atomic mass is 10.5. The molecule has 0 aromatic carbocycles. The van der Waals surface area contributed by atoms with Gasteiger partial charge in [0.1, 0.15) is 0 Å². The molecule has 0 spiro atoms. The summed E-state index contributed by atoms with van der Waals surface area (Å²) in [5.41, 5.74) is 4.57. The van der Waals surface area contributed by atoms with Gasteiger partial charge in [0.05, 0.1) is 6.54 Å². The van der Waals surface area contributed by atoms with Gasteiger partial charge >= 0.3 is 5.97 Å². The molecule has 1 aromatic rings. The molecule has 0 unspecified atom stereocenters. The van der Waals surface area contributed by atoms with Crippen molar-refractivity contribution in [1.29, 1.82) is 0 Å². The third-order valence-electron chi connectivity index (χ3n) is 0.741. The summed E-state index contributed by atoms with van der Waals surface area (Å²) in [6.45, 7) is -0.278. The van der Waals surface area contributed by atoms with Crippen molar-refractivity contribution in [3.05, 3.63) is 30.6 Å². The average Bonchev–Trinajstić information content (AvgIpc) is 2.09. The maximum Gasteiger partial charge on any atom is 0.317 e. The van der Waals surface area contributed by atoms with Crippen molar-refractivity contribution in [2.75, 3.05) is 6.54 Å². The van der Waals surface area contributed by atoms with Gasteiger partial charge in [0.15, 0.2) is 0 Å². The van der Waals surface area contributed by atoms with Crippen LogP contribution in [0, 0.1) is 0 Å². The molecule has 1 aromatic heterocycles. The van der Waals surface area contributed by atoms with E-state index in [2.05, 4.69) is 10.7 Å². The summed E-state index contributed by atoms with van der Waals surface area (Å²) in [5, 5.41) is 7.60. The molecule has 0 radical (unpaired) electrons. The zero-order chi connectivity index (χ0) is 8.53. The Bertz CT molecular complexity index is 162. The van der Waals surface area contributed by atoms with Crippen LogP contribution in [0.3, 0.4) is 0 Å². The largest absolute Gasteiger partial charge is 0.480 e. The van der Waals surface area contributed by atoms with Crippen LogP contribution in [-0.4, -0.2) is 22.6 Å². The van der Waals surface area contributed by atoms with Crippen molar-refractivity contribution in [2.24, 2.45) is 5.73 Å². The minimum atomic E-state index is -0.968. The number of rotatable bonds is 1. The van der Waals surface area contributed by atoms with Gasteiger partial charge in [-0.2, -0.15) is 0 Å². The molecule has 0 amide bonds. The molecule has 11 heavy (non-hydrogen) atoms. The molecule has 3 N–H and O–H groups in total. The van der Waals surface area contributed by atoms with E-state index in [1.165, 1.54) is 0 Å². The molecule has 60 valence electrons. The number of pyridine rings is 1. The first-order chi connectivity index (χ1) is 5.27. The maximum atomic E-state index is 9.24. The third-order valence-corrected chi connectivity index (χ3v) is 0.741. The maximum absolute atomic E-state index is 9.24. The molecule has 1 heterocycles. The van der Waals surface area contributed by atoms with Gasteiger partial charge < -0.3 is 10.8 Å². The fourth-order valence-corrected chi connectivity index (χ4v) is 0.313. The van der Waals surface area contributed by atoms with Gasteiger partial charge in [-0.3, -0.25) is 9.78 Å². The van der Waals surface area contributed by atoms with Crippen molar-refractivity contribution < 1.29 is 9.90 Å². The van der Waals surface area contributed by atoms with E-state index in [4.69, 9.17) is 5.11 Å². The van der Waals surface area contributed by atoms with Crippen LogP contribution < -0.4 is 5.73 Å². The molecular weight excluding hydrogens is 144 g/mol. The lowest BCUT2D eigenvalue weighted by Gasteiger charge is -1.73. The van der Waals surface area contributed by atoms with Gasteiger partial charge in [-0.1, -0.05) is 6.07 Å². The molecule has 0 aliphatic carbocycles. The van der Waals surface area contributed by atoms with Crippen LogP contribution >= 0.6 is 0 Å². The molecule has 1 rings (SSSR count). The Morgan fingerprint density at radius 2 is 1.82 bits per heavy atom. The van der Waals surface area contributed by atoms with Crippen LogP contribution in [0.25, 0.3) is 0 Å². The highest BCUT2D eigenvalue weighted by atomic mass is 16.4. The van der Waals surface area contributed by atoms with Gasteiger partial charge in [0, 0.05) is 12.4 Å². The minimum Gasteiger partial charge on any atom is -0.480 e.